The number of aromatic nitrogens is 2. The number of benzene rings is 1. The largest absolute Gasteiger partial charge is 0.451 e. The van der Waals surface area contributed by atoms with Crippen molar-refractivity contribution < 1.29 is 23.1 Å². The molecular weight excluding hydrogens is 473 g/mol. The Morgan fingerprint density at radius 3 is 2.78 bits per heavy atom. The molecule has 1 aliphatic carbocycles. The summed E-state index contributed by atoms with van der Waals surface area (Å²) >= 11 is 0.881. The molecular formula is C17H15F2IN4O3. The van der Waals surface area contributed by atoms with E-state index >= 15 is 0 Å². The smallest absolute Gasteiger partial charge is 0.425 e. The van der Waals surface area contributed by atoms with E-state index in [1.165, 1.54) is 24.4 Å². The molecule has 3 rings (SSSR count). The van der Waals surface area contributed by atoms with E-state index in [9.17, 15) is 18.4 Å². The van der Waals surface area contributed by atoms with E-state index in [4.69, 9.17) is 0 Å². The molecule has 1 saturated carbocycles. The van der Waals surface area contributed by atoms with Gasteiger partial charge in [0.15, 0.2) is 0 Å². The van der Waals surface area contributed by atoms with E-state index in [0.29, 0.717) is 5.56 Å². The Bertz CT molecular complexity index is 856. The molecule has 1 fully saturated rings. The lowest BCUT2D eigenvalue weighted by Crippen LogP contribution is -2.25. The summed E-state index contributed by atoms with van der Waals surface area (Å²) in [6, 6.07) is 7.44. The first kappa shape index (κ1) is 19.4. The van der Waals surface area contributed by atoms with E-state index in [1.807, 2.05) is 0 Å². The van der Waals surface area contributed by atoms with E-state index in [2.05, 4.69) is 25.3 Å². The first-order valence-electron chi connectivity index (χ1n) is 8.07. The molecule has 0 atom stereocenters. The van der Waals surface area contributed by atoms with Crippen LogP contribution in [-0.4, -0.2) is 25.9 Å². The number of alkyl halides is 3. The number of hydrogen-bond donors (Lipinski definition) is 2. The van der Waals surface area contributed by atoms with Crippen molar-refractivity contribution >= 4 is 40.4 Å². The van der Waals surface area contributed by atoms with Crippen LogP contribution in [0.1, 0.15) is 28.9 Å². The molecule has 2 amide bonds. The average molecular weight is 488 g/mol. The van der Waals surface area contributed by atoms with Gasteiger partial charge in [-0.25, -0.2) is 9.97 Å². The van der Waals surface area contributed by atoms with E-state index in [1.54, 1.807) is 12.1 Å². The molecule has 2 aromatic rings. The molecule has 142 valence electrons. The molecule has 0 radical (unpaired) electrons. The van der Waals surface area contributed by atoms with Crippen LogP contribution in [0.5, 0.6) is 5.75 Å². The van der Waals surface area contributed by atoms with Crippen LogP contribution in [0, 0.1) is 5.92 Å². The zero-order chi connectivity index (χ0) is 19.4. The van der Waals surface area contributed by atoms with Crippen molar-refractivity contribution in [2.45, 2.75) is 23.5 Å². The van der Waals surface area contributed by atoms with Crippen molar-refractivity contribution in [3.8, 4) is 5.75 Å². The first-order valence-corrected chi connectivity index (χ1v) is 9.15. The Kier molecular flexibility index (Phi) is 5.82. The van der Waals surface area contributed by atoms with Gasteiger partial charge >= 0.3 is 4.12 Å². The number of halogens is 3. The Morgan fingerprint density at radius 2 is 2.07 bits per heavy atom. The van der Waals surface area contributed by atoms with Crippen molar-refractivity contribution in [2.24, 2.45) is 5.92 Å². The van der Waals surface area contributed by atoms with Crippen molar-refractivity contribution in [1.82, 2.24) is 15.3 Å². The van der Waals surface area contributed by atoms with Crippen molar-refractivity contribution in [3.63, 3.8) is 0 Å². The van der Waals surface area contributed by atoms with Gasteiger partial charge in [0.25, 0.3) is 5.91 Å². The third-order valence-corrected chi connectivity index (χ3v) is 3.88. The summed E-state index contributed by atoms with van der Waals surface area (Å²) in [6.45, 7) is 0.0939. The third kappa shape index (κ3) is 6.08. The predicted molar refractivity (Wildman–Crippen MR) is 101 cm³/mol. The Hall–Kier alpha value is -2.37. The molecule has 0 saturated heterocycles. The fourth-order valence-corrected chi connectivity index (χ4v) is 2.48. The maximum Gasteiger partial charge on any atom is 0.451 e. The van der Waals surface area contributed by atoms with Crippen molar-refractivity contribution in [3.05, 3.63) is 47.8 Å². The lowest BCUT2D eigenvalue weighted by molar-refractivity contribution is -0.117. The highest BCUT2D eigenvalue weighted by Crippen LogP contribution is 2.30. The fourth-order valence-electron chi connectivity index (χ4n) is 2.23. The number of anilines is 1. The van der Waals surface area contributed by atoms with E-state index in [0.717, 1.165) is 35.4 Å². The maximum absolute atomic E-state index is 12.9. The molecule has 10 heteroatoms. The number of rotatable bonds is 7. The van der Waals surface area contributed by atoms with Crippen LogP contribution in [0.3, 0.4) is 0 Å². The van der Waals surface area contributed by atoms with Crippen LogP contribution in [-0.2, 0) is 11.3 Å². The fraction of sp³-hybridized carbons (Fsp3) is 0.294. The Balaban J connectivity index is 1.59. The van der Waals surface area contributed by atoms with Gasteiger partial charge in [-0.3, -0.25) is 14.9 Å². The second-order valence-electron chi connectivity index (χ2n) is 5.91. The van der Waals surface area contributed by atoms with Crippen LogP contribution < -0.4 is 15.4 Å². The number of amides is 2. The highest BCUT2D eigenvalue weighted by atomic mass is 127. The Labute approximate surface area is 167 Å². The number of hydrogen-bond acceptors (Lipinski definition) is 5. The lowest BCUT2D eigenvalue weighted by atomic mass is 10.2. The van der Waals surface area contributed by atoms with Gasteiger partial charge in [0, 0.05) is 18.7 Å². The monoisotopic (exact) mass is 488 g/mol. The summed E-state index contributed by atoms with van der Waals surface area (Å²) in [5, 5.41) is 5.21. The standard InChI is InChI=1S/C17H15F2IN4O3/c18-17(19,20)27-12-3-1-2-10(8-12)9-22-15(26)13-6-7-21-16(23-13)24-14(25)11-4-5-11/h1-3,6-8,11H,4-5,9H2,(H,22,26)(H,21,23,24,25). The van der Waals surface area contributed by atoms with Crippen molar-refractivity contribution in [1.29, 1.82) is 0 Å². The molecule has 27 heavy (non-hydrogen) atoms. The van der Waals surface area contributed by atoms with Crippen LogP contribution >= 0.6 is 22.6 Å². The minimum atomic E-state index is -3.32. The molecule has 2 N–H and O–H groups in total. The SMILES string of the molecule is O=C(NCc1cccc(OC(F)(F)I)c1)c1ccnc(NC(=O)C2CC2)n1. The first-order chi connectivity index (χ1) is 12.8. The van der Waals surface area contributed by atoms with Gasteiger partial charge < -0.3 is 10.1 Å². The van der Waals surface area contributed by atoms with Gasteiger partial charge in [0.2, 0.25) is 11.9 Å². The Morgan fingerprint density at radius 1 is 1.30 bits per heavy atom. The molecule has 0 aliphatic heterocycles. The third-order valence-electron chi connectivity index (χ3n) is 3.66. The number of carbonyl (C=O) groups excluding carboxylic acids is 2. The van der Waals surface area contributed by atoms with Gasteiger partial charge in [-0.15, -0.1) is 0 Å². The second-order valence-corrected chi connectivity index (χ2v) is 7.16. The summed E-state index contributed by atoms with van der Waals surface area (Å²) in [7, 11) is 0. The van der Waals surface area contributed by atoms with Crippen LogP contribution in [0.25, 0.3) is 0 Å². The predicted octanol–water partition coefficient (Wildman–Crippen LogP) is 3.12. The highest BCUT2D eigenvalue weighted by molar-refractivity contribution is 14.1. The van der Waals surface area contributed by atoms with E-state index in [-0.39, 0.29) is 35.8 Å². The van der Waals surface area contributed by atoms with Gasteiger partial charge in [-0.2, -0.15) is 8.78 Å². The number of nitrogens with zero attached hydrogens (tertiary/aromatic N) is 2. The lowest BCUT2D eigenvalue weighted by Gasteiger charge is -2.12. The molecule has 7 nitrogen and oxygen atoms in total. The van der Waals surface area contributed by atoms with E-state index < -0.39 is 10.0 Å². The molecule has 0 bridgehead atoms. The van der Waals surface area contributed by atoms with Gasteiger partial charge in [0.1, 0.15) is 11.4 Å². The topological polar surface area (TPSA) is 93.2 Å². The zero-order valence-electron chi connectivity index (χ0n) is 13.9. The molecule has 1 heterocycles. The minimum absolute atomic E-state index is 0.00417. The highest BCUT2D eigenvalue weighted by Gasteiger charge is 2.30. The number of carbonyl (C=O) groups is 2. The molecule has 1 aromatic carbocycles. The number of nitrogens with one attached hydrogen (secondary N) is 2. The number of ether oxygens (including phenoxy) is 1. The summed E-state index contributed by atoms with van der Waals surface area (Å²) in [6.07, 6.45) is 3.07. The summed E-state index contributed by atoms with van der Waals surface area (Å²) in [5.41, 5.74) is 0.667. The summed E-state index contributed by atoms with van der Waals surface area (Å²) in [4.78, 5) is 31.9. The van der Waals surface area contributed by atoms with Crippen molar-refractivity contribution in [2.75, 3.05) is 5.32 Å². The van der Waals surface area contributed by atoms with Crippen LogP contribution in [0.2, 0.25) is 0 Å². The van der Waals surface area contributed by atoms with Crippen LogP contribution in [0.15, 0.2) is 36.5 Å². The summed E-state index contributed by atoms with van der Waals surface area (Å²) in [5.74, 6) is -0.579. The molecule has 1 aromatic heterocycles. The molecule has 1 aliphatic rings. The average Bonchev–Trinajstić information content (AvgIpc) is 3.44. The molecule has 0 unspecified atom stereocenters. The molecule has 0 spiro atoms. The minimum Gasteiger partial charge on any atom is -0.425 e. The second kappa shape index (κ2) is 8.11. The maximum atomic E-state index is 12.9. The normalized spacial score (nSPS) is 13.7. The zero-order valence-corrected chi connectivity index (χ0v) is 16.1. The van der Waals surface area contributed by atoms with Gasteiger partial charge in [0.05, 0.1) is 22.6 Å². The summed E-state index contributed by atoms with van der Waals surface area (Å²) < 4.78 is 27.0. The quantitative estimate of drug-likeness (QED) is 0.462. The van der Waals surface area contributed by atoms with Gasteiger partial charge in [-0.05, 0) is 36.6 Å². The van der Waals surface area contributed by atoms with Gasteiger partial charge in [-0.1, -0.05) is 12.1 Å². The van der Waals surface area contributed by atoms with Crippen LogP contribution in [0.4, 0.5) is 14.7 Å².